The Bertz CT molecular complexity index is 1330. The molecule has 0 amide bonds. The minimum Gasteiger partial charge on any atom is -0.497 e. The van der Waals surface area contributed by atoms with Crippen molar-refractivity contribution >= 4 is 33.9 Å². The molecular weight excluding hydrogens is 372 g/mol. The predicted molar refractivity (Wildman–Crippen MR) is 111 cm³/mol. The molecule has 5 rings (SSSR count). The molecule has 28 heavy (non-hydrogen) atoms. The van der Waals surface area contributed by atoms with Crippen LogP contribution in [0.2, 0.25) is 5.02 Å². The molecule has 136 valence electrons. The van der Waals surface area contributed by atoms with Gasteiger partial charge in [-0.2, -0.15) is 0 Å². The van der Waals surface area contributed by atoms with Crippen molar-refractivity contribution in [3.8, 4) is 22.8 Å². The third-order valence-corrected chi connectivity index (χ3v) is 4.80. The number of halogens is 1. The van der Waals surface area contributed by atoms with Crippen molar-refractivity contribution in [3.05, 3.63) is 77.8 Å². The van der Waals surface area contributed by atoms with E-state index in [-0.39, 0.29) is 0 Å². The molecule has 0 N–H and O–H groups in total. The standard InChI is InChI=1S/C22H15ClN4O/c1-28-17-9-5-8-16(13-17)27-21(14-6-4-7-15(23)12-14)26-20-22(27)25-19-11-3-2-10-18(19)24-20/h2-13H,1H3. The van der Waals surface area contributed by atoms with Gasteiger partial charge in [0.25, 0.3) is 0 Å². The summed E-state index contributed by atoms with van der Waals surface area (Å²) < 4.78 is 7.40. The van der Waals surface area contributed by atoms with E-state index in [9.17, 15) is 0 Å². The first kappa shape index (κ1) is 16.7. The maximum atomic E-state index is 6.24. The summed E-state index contributed by atoms with van der Waals surface area (Å²) in [5, 5.41) is 0.646. The van der Waals surface area contributed by atoms with E-state index in [0.717, 1.165) is 33.9 Å². The maximum Gasteiger partial charge on any atom is 0.199 e. The molecule has 0 aliphatic heterocycles. The Morgan fingerprint density at radius 3 is 2.39 bits per heavy atom. The van der Waals surface area contributed by atoms with E-state index in [1.807, 2.05) is 77.4 Å². The van der Waals surface area contributed by atoms with Gasteiger partial charge in [-0.3, -0.25) is 4.57 Å². The van der Waals surface area contributed by atoms with Gasteiger partial charge in [0.2, 0.25) is 0 Å². The van der Waals surface area contributed by atoms with Gasteiger partial charge < -0.3 is 4.74 Å². The van der Waals surface area contributed by atoms with E-state index < -0.39 is 0 Å². The summed E-state index contributed by atoms with van der Waals surface area (Å²) in [7, 11) is 1.65. The molecule has 2 aromatic heterocycles. The van der Waals surface area contributed by atoms with Crippen LogP contribution in [0, 0.1) is 0 Å². The van der Waals surface area contributed by atoms with Gasteiger partial charge in [-0.1, -0.05) is 41.9 Å². The number of fused-ring (bicyclic) bond motifs is 2. The van der Waals surface area contributed by atoms with E-state index in [2.05, 4.69) is 0 Å². The molecule has 0 bridgehead atoms. The fourth-order valence-corrected chi connectivity index (χ4v) is 3.46. The molecule has 0 aliphatic carbocycles. The van der Waals surface area contributed by atoms with Crippen molar-refractivity contribution in [2.24, 2.45) is 0 Å². The first-order chi connectivity index (χ1) is 13.7. The monoisotopic (exact) mass is 386 g/mol. The van der Waals surface area contributed by atoms with E-state index in [4.69, 9.17) is 31.3 Å². The average Bonchev–Trinajstić information content (AvgIpc) is 3.10. The first-order valence-corrected chi connectivity index (χ1v) is 9.16. The predicted octanol–water partition coefficient (Wildman–Crippen LogP) is 5.30. The summed E-state index contributed by atoms with van der Waals surface area (Å²) in [5.74, 6) is 1.48. The molecule has 3 aromatic carbocycles. The smallest absolute Gasteiger partial charge is 0.199 e. The minimum absolute atomic E-state index is 0.580. The number of ether oxygens (including phenoxy) is 1. The average molecular weight is 387 g/mol. The minimum atomic E-state index is 0.580. The van der Waals surface area contributed by atoms with E-state index in [1.54, 1.807) is 7.11 Å². The lowest BCUT2D eigenvalue weighted by Gasteiger charge is -2.10. The number of benzene rings is 3. The van der Waals surface area contributed by atoms with Crippen LogP contribution in [0.1, 0.15) is 0 Å². The van der Waals surface area contributed by atoms with E-state index >= 15 is 0 Å². The van der Waals surface area contributed by atoms with Crippen LogP contribution >= 0.6 is 11.6 Å². The van der Waals surface area contributed by atoms with Gasteiger partial charge >= 0.3 is 0 Å². The number of aromatic nitrogens is 4. The SMILES string of the molecule is COc1cccc(-n2c(-c3cccc(Cl)c3)nc3nc4ccccc4nc32)c1. The van der Waals surface area contributed by atoms with Gasteiger partial charge in [0, 0.05) is 16.7 Å². The van der Waals surface area contributed by atoms with Crippen LogP contribution in [0.25, 0.3) is 39.4 Å². The third kappa shape index (κ3) is 2.77. The van der Waals surface area contributed by atoms with Gasteiger partial charge in [0.15, 0.2) is 11.3 Å². The second kappa shape index (κ2) is 6.62. The topological polar surface area (TPSA) is 52.8 Å². The molecule has 0 unspecified atom stereocenters. The highest BCUT2D eigenvalue weighted by molar-refractivity contribution is 6.30. The largest absolute Gasteiger partial charge is 0.497 e. The normalized spacial score (nSPS) is 11.2. The van der Waals surface area contributed by atoms with Crippen LogP contribution in [0.3, 0.4) is 0 Å². The highest BCUT2D eigenvalue weighted by Crippen LogP contribution is 2.30. The zero-order valence-electron chi connectivity index (χ0n) is 15.0. The van der Waals surface area contributed by atoms with E-state index in [1.165, 1.54) is 0 Å². The van der Waals surface area contributed by atoms with Crippen molar-refractivity contribution < 1.29 is 4.74 Å². The van der Waals surface area contributed by atoms with Crippen LogP contribution in [0.5, 0.6) is 5.75 Å². The molecule has 0 saturated carbocycles. The third-order valence-electron chi connectivity index (χ3n) is 4.56. The highest BCUT2D eigenvalue weighted by Gasteiger charge is 2.18. The lowest BCUT2D eigenvalue weighted by Crippen LogP contribution is -2.00. The Hall–Kier alpha value is -3.44. The van der Waals surface area contributed by atoms with Crippen molar-refractivity contribution in [1.29, 1.82) is 0 Å². The van der Waals surface area contributed by atoms with Crippen molar-refractivity contribution in [3.63, 3.8) is 0 Å². The molecule has 0 fully saturated rings. The Kier molecular flexibility index (Phi) is 3.95. The second-order valence-electron chi connectivity index (χ2n) is 6.34. The zero-order chi connectivity index (χ0) is 19.1. The quantitative estimate of drug-likeness (QED) is 0.422. The van der Waals surface area contributed by atoms with Crippen LogP contribution in [-0.2, 0) is 0 Å². The molecule has 0 spiro atoms. The number of methoxy groups -OCH3 is 1. The number of hydrogen-bond donors (Lipinski definition) is 0. The first-order valence-electron chi connectivity index (χ1n) is 8.78. The lowest BCUT2D eigenvalue weighted by molar-refractivity contribution is 0.414. The Morgan fingerprint density at radius 2 is 1.61 bits per heavy atom. The lowest BCUT2D eigenvalue weighted by atomic mass is 10.2. The van der Waals surface area contributed by atoms with Crippen molar-refractivity contribution in [2.45, 2.75) is 0 Å². The number of hydrogen-bond acceptors (Lipinski definition) is 4. The van der Waals surface area contributed by atoms with Gasteiger partial charge in [-0.25, -0.2) is 15.0 Å². The molecule has 0 atom stereocenters. The summed E-state index contributed by atoms with van der Waals surface area (Å²) in [5.41, 5.74) is 4.67. The molecule has 0 saturated heterocycles. The molecule has 2 heterocycles. The van der Waals surface area contributed by atoms with Crippen LogP contribution < -0.4 is 4.74 Å². The Morgan fingerprint density at radius 1 is 0.821 bits per heavy atom. The molecule has 6 heteroatoms. The molecule has 5 aromatic rings. The Balaban J connectivity index is 1.88. The van der Waals surface area contributed by atoms with Crippen LogP contribution in [0.4, 0.5) is 0 Å². The number of nitrogens with zero attached hydrogens (tertiary/aromatic N) is 4. The van der Waals surface area contributed by atoms with E-state index in [0.29, 0.717) is 16.3 Å². The maximum absolute atomic E-state index is 6.24. The summed E-state index contributed by atoms with van der Waals surface area (Å²) in [6.07, 6.45) is 0. The number of imidazole rings is 1. The summed E-state index contributed by atoms with van der Waals surface area (Å²) in [6, 6.07) is 23.2. The van der Waals surface area contributed by atoms with Crippen molar-refractivity contribution in [2.75, 3.05) is 7.11 Å². The van der Waals surface area contributed by atoms with Gasteiger partial charge in [-0.15, -0.1) is 0 Å². The number of para-hydroxylation sites is 2. The molecule has 5 nitrogen and oxygen atoms in total. The van der Waals surface area contributed by atoms with Crippen LogP contribution in [0.15, 0.2) is 72.8 Å². The zero-order valence-corrected chi connectivity index (χ0v) is 15.8. The van der Waals surface area contributed by atoms with Gasteiger partial charge in [0.1, 0.15) is 11.6 Å². The van der Waals surface area contributed by atoms with Gasteiger partial charge in [-0.05, 0) is 36.4 Å². The second-order valence-corrected chi connectivity index (χ2v) is 6.78. The fourth-order valence-electron chi connectivity index (χ4n) is 3.27. The molecular formula is C22H15ClN4O. The molecule has 0 aliphatic rings. The summed E-state index contributed by atoms with van der Waals surface area (Å²) in [6.45, 7) is 0. The molecule has 0 radical (unpaired) electrons. The highest BCUT2D eigenvalue weighted by atomic mass is 35.5. The van der Waals surface area contributed by atoms with Gasteiger partial charge in [0.05, 0.1) is 23.8 Å². The van der Waals surface area contributed by atoms with Crippen molar-refractivity contribution in [1.82, 2.24) is 19.5 Å². The van der Waals surface area contributed by atoms with Crippen LogP contribution in [-0.4, -0.2) is 26.6 Å². The summed E-state index contributed by atoms with van der Waals surface area (Å²) in [4.78, 5) is 14.4. The Labute approximate surface area is 166 Å². The number of rotatable bonds is 3. The fraction of sp³-hybridized carbons (Fsp3) is 0.0455. The summed E-state index contributed by atoms with van der Waals surface area (Å²) >= 11 is 6.24.